The minimum absolute atomic E-state index is 0.512. The second-order valence-corrected chi connectivity index (χ2v) is 8.19. The predicted molar refractivity (Wildman–Crippen MR) is 125 cm³/mol. The van der Waals surface area contributed by atoms with Gasteiger partial charge in [-0.2, -0.15) is 0 Å². The van der Waals surface area contributed by atoms with E-state index >= 15 is 0 Å². The zero-order valence-corrected chi connectivity index (χ0v) is 18.6. The van der Waals surface area contributed by atoms with E-state index in [0.29, 0.717) is 29.6 Å². The summed E-state index contributed by atoms with van der Waals surface area (Å²) in [5, 5.41) is 10.4. The van der Waals surface area contributed by atoms with Crippen LogP contribution in [0.15, 0.2) is 84.0 Å². The molecule has 4 aromatic rings. The lowest BCUT2D eigenvalue weighted by molar-refractivity contribution is 0.344. The quantitative estimate of drug-likeness (QED) is 0.241. The largest absolute Gasteiger partial charge is 0.497 e. The summed E-state index contributed by atoms with van der Waals surface area (Å²) in [7, 11) is 1.66. The van der Waals surface area contributed by atoms with Crippen LogP contribution in [0.3, 0.4) is 0 Å². The second kappa shape index (κ2) is 10.4. The maximum Gasteiger partial charge on any atom is 0.195 e. The third kappa shape index (κ3) is 5.40. The third-order valence-corrected chi connectivity index (χ3v) is 5.85. The molecular formula is C24H22ClN3O2S. The van der Waals surface area contributed by atoms with E-state index in [1.54, 1.807) is 18.9 Å². The fourth-order valence-electron chi connectivity index (χ4n) is 3.12. The highest BCUT2D eigenvalue weighted by atomic mass is 35.5. The van der Waals surface area contributed by atoms with Gasteiger partial charge in [-0.1, -0.05) is 65.8 Å². The number of para-hydroxylation sites is 1. The average Bonchev–Trinajstić information content (AvgIpc) is 3.20. The fraction of sp³-hybridized carbons (Fsp3) is 0.167. The van der Waals surface area contributed by atoms with Crippen LogP contribution in [0.5, 0.6) is 11.5 Å². The highest BCUT2D eigenvalue weighted by Gasteiger charge is 2.15. The van der Waals surface area contributed by atoms with Gasteiger partial charge in [-0.05, 0) is 42.0 Å². The van der Waals surface area contributed by atoms with E-state index in [9.17, 15) is 0 Å². The molecule has 0 spiro atoms. The zero-order chi connectivity index (χ0) is 21.5. The third-order valence-electron chi connectivity index (χ3n) is 4.64. The Kier molecular flexibility index (Phi) is 7.12. The van der Waals surface area contributed by atoms with Crippen LogP contribution in [0, 0.1) is 0 Å². The van der Waals surface area contributed by atoms with Crippen molar-refractivity contribution >= 4 is 23.4 Å². The Morgan fingerprint density at radius 2 is 1.65 bits per heavy atom. The molecule has 0 bridgehead atoms. The summed E-state index contributed by atoms with van der Waals surface area (Å²) in [6, 6.07) is 25.7. The van der Waals surface area contributed by atoms with E-state index in [1.165, 1.54) is 5.56 Å². The first kappa shape index (κ1) is 21.3. The van der Waals surface area contributed by atoms with Crippen LogP contribution in [-0.4, -0.2) is 34.2 Å². The molecule has 1 heterocycles. The number of halogens is 1. The number of methoxy groups -OCH3 is 1. The van der Waals surface area contributed by atoms with Gasteiger partial charge in [0.25, 0.3) is 0 Å². The fourth-order valence-corrected chi connectivity index (χ4v) is 4.10. The van der Waals surface area contributed by atoms with Gasteiger partial charge in [0.15, 0.2) is 5.16 Å². The summed E-state index contributed by atoms with van der Waals surface area (Å²) < 4.78 is 13.2. The normalized spacial score (nSPS) is 10.8. The van der Waals surface area contributed by atoms with Crippen molar-refractivity contribution < 1.29 is 9.47 Å². The molecule has 158 valence electrons. The summed E-state index contributed by atoms with van der Waals surface area (Å²) in [6.07, 6.45) is 0.691. The highest BCUT2D eigenvalue weighted by Crippen LogP contribution is 2.26. The Bertz CT molecular complexity index is 1120. The van der Waals surface area contributed by atoms with Gasteiger partial charge >= 0.3 is 0 Å². The minimum Gasteiger partial charge on any atom is -0.497 e. The number of benzene rings is 3. The van der Waals surface area contributed by atoms with E-state index in [2.05, 4.69) is 26.9 Å². The van der Waals surface area contributed by atoms with Crippen molar-refractivity contribution in [1.82, 2.24) is 14.8 Å². The molecule has 0 aliphatic carbocycles. The van der Waals surface area contributed by atoms with Crippen molar-refractivity contribution in [2.24, 2.45) is 0 Å². The Hall–Kier alpha value is -2.96. The number of rotatable bonds is 9. The van der Waals surface area contributed by atoms with Gasteiger partial charge in [0, 0.05) is 17.9 Å². The molecule has 0 fully saturated rings. The van der Waals surface area contributed by atoms with E-state index in [0.717, 1.165) is 22.4 Å². The first-order valence-corrected chi connectivity index (χ1v) is 11.2. The van der Waals surface area contributed by atoms with Crippen molar-refractivity contribution in [2.75, 3.05) is 19.5 Å². The maximum absolute atomic E-state index is 6.16. The molecule has 0 N–H and O–H groups in total. The van der Waals surface area contributed by atoms with Gasteiger partial charge in [0.2, 0.25) is 0 Å². The first-order chi connectivity index (χ1) is 15.2. The van der Waals surface area contributed by atoms with Crippen molar-refractivity contribution in [3.05, 3.63) is 95.3 Å². The van der Waals surface area contributed by atoms with Gasteiger partial charge in [-0.25, -0.2) is 0 Å². The minimum atomic E-state index is 0.512. The lowest BCUT2D eigenvalue weighted by atomic mass is 10.1. The average molecular weight is 452 g/mol. The van der Waals surface area contributed by atoms with Gasteiger partial charge in [-0.15, -0.1) is 10.2 Å². The molecule has 0 unspecified atom stereocenters. The van der Waals surface area contributed by atoms with Crippen LogP contribution < -0.4 is 9.47 Å². The van der Waals surface area contributed by atoms with Gasteiger partial charge in [0.1, 0.15) is 17.3 Å². The standard InChI is InChI=1S/C24H22ClN3O2S/c1-29-20-13-11-19(12-14-20)28-23(17-18-7-3-2-4-8-18)26-27-24(28)31-16-15-30-22-10-6-5-9-21(22)25/h2-14H,15-17H2,1H3. The molecule has 0 radical (unpaired) electrons. The van der Waals surface area contributed by atoms with E-state index in [1.807, 2.05) is 66.7 Å². The molecular weight excluding hydrogens is 430 g/mol. The molecule has 0 atom stereocenters. The molecule has 5 nitrogen and oxygen atoms in total. The first-order valence-electron chi connectivity index (χ1n) is 9.87. The number of ether oxygens (including phenoxy) is 2. The lowest BCUT2D eigenvalue weighted by Gasteiger charge is -2.12. The van der Waals surface area contributed by atoms with Crippen LogP contribution in [0.2, 0.25) is 5.02 Å². The smallest absolute Gasteiger partial charge is 0.195 e. The summed E-state index contributed by atoms with van der Waals surface area (Å²) in [5.41, 5.74) is 2.18. The van der Waals surface area contributed by atoms with Crippen LogP contribution in [-0.2, 0) is 6.42 Å². The molecule has 4 rings (SSSR count). The Morgan fingerprint density at radius 3 is 2.39 bits per heavy atom. The Labute approximate surface area is 191 Å². The summed E-state index contributed by atoms with van der Waals surface area (Å²) in [5.74, 6) is 3.09. The van der Waals surface area contributed by atoms with Gasteiger partial charge in [0.05, 0.1) is 18.7 Å². The Balaban J connectivity index is 1.52. The molecule has 0 saturated heterocycles. The number of hydrogen-bond donors (Lipinski definition) is 0. The van der Waals surface area contributed by atoms with Crippen molar-refractivity contribution in [3.63, 3.8) is 0 Å². The molecule has 7 heteroatoms. The highest BCUT2D eigenvalue weighted by molar-refractivity contribution is 7.99. The van der Waals surface area contributed by atoms with E-state index < -0.39 is 0 Å². The number of aromatic nitrogens is 3. The van der Waals surface area contributed by atoms with Crippen LogP contribution >= 0.6 is 23.4 Å². The molecule has 0 amide bonds. The summed E-state index contributed by atoms with van der Waals surface area (Å²) >= 11 is 7.76. The summed E-state index contributed by atoms with van der Waals surface area (Å²) in [4.78, 5) is 0. The topological polar surface area (TPSA) is 49.2 Å². The van der Waals surface area contributed by atoms with Crippen LogP contribution in [0.1, 0.15) is 11.4 Å². The molecule has 0 aliphatic rings. The lowest BCUT2D eigenvalue weighted by Crippen LogP contribution is -2.06. The molecule has 0 saturated carbocycles. The molecule has 1 aromatic heterocycles. The van der Waals surface area contributed by atoms with Crippen LogP contribution in [0.4, 0.5) is 0 Å². The molecule has 3 aromatic carbocycles. The SMILES string of the molecule is COc1ccc(-n2c(Cc3ccccc3)nnc2SCCOc2ccccc2Cl)cc1. The monoisotopic (exact) mass is 451 g/mol. The molecule has 31 heavy (non-hydrogen) atoms. The van der Waals surface area contributed by atoms with E-state index in [4.69, 9.17) is 21.1 Å². The predicted octanol–water partition coefficient (Wildman–Crippen LogP) is 5.69. The number of thioether (sulfide) groups is 1. The molecule has 0 aliphatic heterocycles. The zero-order valence-electron chi connectivity index (χ0n) is 17.1. The van der Waals surface area contributed by atoms with Crippen molar-refractivity contribution in [1.29, 1.82) is 0 Å². The number of hydrogen-bond acceptors (Lipinski definition) is 5. The second-order valence-electron chi connectivity index (χ2n) is 6.72. The summed E-state index contributed by atoms with van der Waals surface area (Å²) in [6.45, 7) is 0.512. The van der Waals surface area contributed by atoms with E-state index in [-0.39, 0.29) is 0 Å². The van der Waals surface area contributed by atoms with Crippen LogP contribution in [0.25, 0.3) is 5.69 Å². The van der Waals surface area contributed by atoms with Gasteiger partial charge < -0.3 is 9.47 Å². The number of nitrogens with zero attached hydrogens (tertiary/aromatic N) is 3. The Morgan fingerprint density at radius 1 is 0.903 bits per heavy atom. The van der Waals surface area contributed by atoms with Crippen molar-refractivity contribution in [3.8, 4) is 17.2 Å². The van der Waals surface area contributed by atoms with Gasteiger partial charge in [-0.3, -0.25) is 4.57 Å². The van der Waals surface area contributed by atoms with Crippen molar-refractivity contribution in [2.45, 2.75) is 11.6 Å². The maximum atomic E-state index is 6.16.